The first-order valence-electron chi connectivity index (χ1n) is 11.7. The molecule has 3 rings (SSSR count). The number of aliphatic hydroxyl groups excluding tert-OH is 1. The van der Waals surface area contributed by atoms with Crippen molar-refractivity contribution >= 4 is 11.8 Å². The largest absolute Gasteiger partial charge is 0.462 e. The number of rotatable bonds is 8. The monoisotopic (exact) mass is 402 g/mol. The zero-order valence-corrected chi connectivity index (χ0v) is 18.3. The molecular weight excluding hydrogens is 364 g/mol. The van der Waals surface area contributed by atoms with E-state index in [1.807, 2.05) is 0 Å². The van der Waals surface area contributed by atoms with Gasteiger partial charge in [-0.15, -0.1) is 0 Å². The molecule has 0 aromatic carbocycles. The van der Waals surface area contributed by atoms with Gasteiger partial charge in [-0.2, -0.15) is 0 Å². The zero-order chi connectivity index (χ0) is 21.0. The van der Waals surface area contributed by atoms with Gasteiger partial charge < -0.3 is 9.84 Å². The molecule has 1 aliphatic heterocycles. The molecule has 162 valence electrons. The third-order valence-electron chi connectivity index (χ3n) is 7.43. The molecule has 0 aromatic heterocycles. The smallest absolute Gasteiger partial charge is 0.308 e. The molecule has 0 spiro atoms. The number of fused-ring (bicyclic) bond motifs is 1. The Bertz CT molecular complexity index is 649. The van der Waals surface area contributed by atoms with Crippen LogP contribution in [0.1, 0.15) is 78.6 Å². The Labute approximate surface area is 175 Å². The predicted molar refractivity (Wildman–Crippen MR) is 114 cm³/mol. The van der Waals surface area contributed by atoms with Gasteiger partial charge >= 0.3 is 5.97 Å². The minimum absolute atomic E-state index is 0.121. The van der Waals surface area contributed by atoms with Crippen LogP contribution in [0.4, 0.5) is 0 Å². The van der Waals surface area contributed by atoms with Gasteiger partial charge in [-0.1, -0.05) is 39.0 Å². The molecule has 0 aromatic rings. The normalized spacial score (nSPS) is 35.4. The number of carbonyl (C=O) groups excluding carboxylic acids is 2. The quantitative estimate of drug-likeness (QED) is 0.580. The average Bonchev–Trinajstić information content (AvgIpc) is 2.70. The van der Waals surface area contributed by atoms with Crippen LogP contribution < -0.4 is 0 Å². The molecule has 0 saturated carbocycles. The fraction of sp³-hybridized carbons (Fsp3) is 0.760. The van der Waals surface area contributed by atoms with Gasteiger partial charge in [0.25, 0.3) is 0 Å². The fourth-order valence-corrected chi connectivity index (χ4v) is 5.53. The van der Waals surface area contributed by atoms with E-state index in [1.54, 1.807) is 0 Å². The summed E-state index contributed by atoms with van der Waals surface area (Å²) in [5.74, 6) is 2.16. The summed E-state index contributed by atoms with van der Waals surface area (Å²) in [6.07, 6.45) is 13.6. The van der Waals surface area contributed by atoms with Crippen LogP contribution in [0.15, 0.2) is 23.8 Å². The zero-order valence-electron chi connectivity index (χ0n) is 18.3. The van der Waals surface area contributed by atoms with Gasteiger partial charge in [-0.05, 0) is 67.8 Å². The molecule has 2 aliphatic carbocycles. The average molecular weight is 403 g/mol. The maximum absolute atomic E-state index is 12.8. The summed E-state index contributed by atoms with van der Waals surface area (Å²) in [6.45, 7) is 6.39. The highest BCUT2D eigenvalue weighted by atomic mass is 16.5. The van der Waals surface area contributed by atoms with Crippen molar-refractivity contribution < 1.29 is 19.4 Å². The topological polar surface area (TPSA) is 63.6 Å². The SMILES string of the molecule is CC[C@H]1C=C2C=CCC(CC[C@@H]3C[C@@H](O)CC(=O)O3)[C@H]2[C@@H](CC(=O)[C@@H](C)CC)C1. The molecule has 0 amide bonds. The number of ketones is 1. The molecule has 0 bridgehead atoms. The number of hydrogen-bond acceptors (Lipinski definition) is 4. The van der Waals surface area contributed by atoms with Crippen LogP contribution in [-0.4, -0.2) is 29.1 Å². The molecule has 1 saturated heterocycles. The van der Waals surface area contributed by atoms with Crippen molar-refractivity contribution in [2.75, 3.05) is 0 Å². The summed E-state index contributed by atoms with van der Waals surface area (Å²) in [4.78, 5) is 24.4. The maximum Gasteiger partial charge on any atom is 0.308 e. The van der Waals surface area contributed by atoms with Crippen LogP contribution >= 0.6 is 0 Å². The highest BCUT2D eigenvalue weighted by molar-refractivity contribution is 5.81. The third kappa shape index (κ3) is 5.59. The second kappa shape index (κ2) is 10.1. The molecule has 1 N–H and O–H groups in total. The number of allylic oxidation sites excluding steroid dienone is 4. The Morgan fingerprint density at radius 2 is 2.03 bits per heavy atom. The lowest BCUT2D eigenvalue weighted by Gasteiger charge is -2.42. The van der Waals surface area contributed by atoms with Crippen LogP contribution in [0.3, 0.4) is 0 Å². The lowest BCUT2D eigenvalue weighted by molar-refractivity contribution is -0.160. The minimum Gasteiger partial charge on any atom is -0.462 e. The van der Waals surface area contributed by atoms with Gasteiger partial charge in [0, 0.05) is 18.8 Å². The van der Waals surface area contributed by atoms with Gasteiger partial charge in [0.1, 0.15) is 11.9 Å². The molecular formula is C25H38O4. The maximum atomic E-state index is 12.8. The Morgan fingerprint density at radius 1 is 1.24 bits per heavy atom. The molecule has 7 atom stereocenters. The van der Waals surface area contributed by atoms with Crippen LogP contribution in [0.25, 0.3) is 0 Å². The van der Waals surface area contributed by atoms with Gasteiger partial charge in [0.15, 0.2) is 0 Å². The first kappa shape index (κ1) is 22.3. The number of Topliss-reactive ketones (excluding diaryl/α,β-unsaturated/α-hetero) is 1. The summed E-state index contributed by atoms with van der Waals surface area (Å²) in [5, 5.41) is 9.89. The van der Waals surface area contributed by atoms with E-state index in [2.05, 4.69) is 39.0 Å². The summed E-state index contributed by atoms with van der Waals surface area (Å²) in [5.41, 5.74) is 1.42. The number of aliphatic hydroxyl groups is 1. The standard InChI is InChI=1S/C25H38O4/c1-4-16(3)23(27)13-20-12-17(5-2)11-19-8-6-7-18(25(19)20)9-10-22-14-21(26)15-24(28)29-22/h6,8,11,16-18,20-22,25-26H,4-5,7,9-10,12-15H2,1-3H3/t16-,17-,18?,20+,21+,22+,25+/m0/s1. The van der Waals surface area contributed by atoms with Gasteiger partial charge in [-0.25, -0.2) is 0 Å². The molecule has 4 heteroatoms. The van der Waals surface area contributed by atoms with Crippen molar-refractivity contribution in [2.24, 2.45) is 29.6 Å². The second-order valence-corrected chi connectivity index (χ2v) is 9.52. The number of cyclic esters (lactones) is 1. The molecule has 0 radical (unpaired) electrons. The summed E-state index contributed by atoms with van der Waals surface area (Å²) >= 11 is 0. The van der Waals surface area contributed by atoms with Gasteiger partial charge in [0.05, 0.1) is 12.5 Å². The van der Waals surface area contributed by atoms with Crippen molar-refractivity contribution in [3.05, 3.63) is 23.8 Å². The Hall–Kier alpha value is -1.42. The van der Waals surface area contributed by atoms with E-state index in [-0.39, 0.29) is 24.4 Å². The van der Waals surface area contributed by atoms with E-state index in [4.69, 9.17) is 4.74 Å². The number of carbonyl (C=O) groups is 2. The van der Waals surface area contributed by atoms with E-state index in [9.17, 15) is 14.7 Å². The van der Waals surface area contributed by atoms with E-state index in [1.165, 1.54) is 5.57 Å². The lowest BCUT2D eigenvalue weighted by atomic mass is 9.63. The molecule has 1 fully saturated rings. The van der Waals surface area contributed by atoms with Crippen LogP contribution in [-0.2, 0) is 14.3 Å². The molecule has 4 nitrogen and oxygen atoms in total. The Balaban J connectivity index is 1.71. The van der Waals surface area contributed by atoms with E-state index >= 15 is 0 Å². The number of esters is 1. The molecule has 29 heavy (non-hydrogen) atoms. The van der Waals surface area contributed by atoms with Crippen molar-refractivity contribution in [1.82, 2.24) is 0 Å². The highest BCUT2D eigenvalue weighted by Crippen LogP contribution is 2.47. The first-order chi connectivity index (χ1) is 13.9. The van der Waals surface area contributed by atoms with Crippen LogP contribution in [0.2, 0.25) is 0 Å². The van der Waals surface area contributed by atoms with E-state index in [0.717, 1.165) is 38.5 Å². The molecule has 3 aliphatic rings. The number of hydrogen-bond donors (Lipinski definition) is 1. The summed E-state index contributed by atoms with van der Waals surface area (Å²) in [6, 6.07) is 0. The van der Waals surface area contributed by atoms with Gasteiger partial charge in [0.2, 0.25) is 0 Å². The van der Waals surface area contributed by atoms with Crippen LogP contribution in [0, 0.1) is 29.6 Å². The molecule has 1 heterocycles. The van der Waals surface area contributed by atoms with Crippen molar-refractivity contribution in [3.63, 3.8) is 0 Å². The Kier molecular flexibility index (Phi) is 7.72. The fourth-order valence-electron chi connectivity index (χ4n) is 5.53. The van der Waals surface area contributed by atoms with E-state index in [0.29, 0.717) is 42.3 Å². The van der Waals surface area contributed by atoms with Crippen molar-refractivity contribution in [3.8, 4) is 0 Å². The third-order valence-corrected chi connectivity index (χ3v) is 7.43. The molecule has 1 unspecified atom stereocenters. The lowest BCUT2D eigenvalue weighted by Crippen LogP contribution is -2.36. The summed E-state index contributed by atoms with van der Waals surface area (Å²) < 4.78 is 5.47. The second-order valence-electron chi connectivity index (χ2n) is 9.52. The van der Waals surface area contributed by atoms with Crippen molar-refractivity contribution in [2.45, 2.75) is 90.8 Å². The van der Waals surface area contributed by atoms with Gasteiger partial charge in [-0.3, -0.25) is 9.59 Å². The van der Waals surface area contributed by atoms with E-state index < -0.39 is 6.10 Å². The predicted octanol–water partition coefficient (Wildman–Crippen LogP) is 5.00. The summed E-state index contributed by atoms with van der Waals surface area (Å²) in [7, 11) is 0. The minimum atomic E-state index is -0.566. The number of ether oxygens (including phenoxy) is 1. The van der Waals surface area contributed by atoms with Crippen molar-refractivity contribution in [1.29, 1.82) is 0 Å². The highest BCUT2D eigenvalue weighted by Gasteiger charge is 2.39. The van der Waals surface area contributed by atoms with Crippen LogP contribution in [0.5, 0.6) is 0 Å². The Morgan fingerprint density at radius 3 is 2.72 bits per heavy atom. The first-order valence-corrected chi connectivity index (χ1v) is 11.7.